The van der Waals surface area contributed by atoms with E-state index in [-0.39, 0.29) is 11.9 Å². The molecule has 1 saturated carbocycles. The van der Waals surface area contributed by atoms with Crippen LogP contribution in [-0.4, -0.2) is 53.7 Å². The smallest absolute Gasteiger partial charge is 0.313 e. The highest BCUT2D eigenvalue weighted by molar-refractivity contribution is 6.39. The molecule has 1 fully saturated rings. The van der Waals surface area contributed by atoms with E-state index >= 15 is 0 Å². The third kappa shape index (κ3) is 7.58. The molecule has 1 aromatic rings. The van der Waals surface area contributed by atoms with Gasteiger partial charge in [-0.15, -0.1) is 0 Å². The van der Waals surface area contributed by atoms with Crippen molar-refractivity contribution in [2.75, 3.05) is 18.4 Å². The van der Waals surface area contributed by atoms with Crippen LogP contribution in [0.2, 0.25) is 0 Å². The average Bonchev–Trinajstić information content (AvgIpc) is 2.77. The van der Waals surface area contributed by atoms with Crippen molar-refractivity contribution in [3.63, 3.8) is 0 Å². The standard InChI is InChI=1S/C25H38N4O4/c1-6-29(19-15-11-10-12-17(19)2)24(33)21(25(3,4)5)28-20(30)16-26-22(31)23(32)27-18-13-8-7-9-14-18/h7-9,13-14,17,19,21H,6,10-12,15-16H2,1-5H3,(H,26,31)(H,27,32)(H,28,30)/t17-,19+,21?/m1/s1. The minimum Gasteiger partial charge on any atom is -0.342 e. The van der Waals surface area contributed by atoms with Gasteiger partial charge in [-0.3, -0.25) is 19.2 Å². The van der Waals surface area contributed by atoms with E-state index in [9.17, 15) is 19.2 Å². The molecule has 3 atom stereocenters. The first-order valence-electron chi connectivity index (χ1n) is 11.8. The molecule has 0 spiro atoms. The van der Waals surface area contributed by atoms with Crippen molar-refractivity contribution in [1.82, 2.24) is 15.5 Å². The number of hydrogen-bond donors (Lipinski definition) is 3. The lowest BCUT2D eigenvalue weighted by molar-refractivity contribution is -0.143. The Kier molecular flexibility index (Phi) is 9.44. The second-order valence-electron chi connectivity index (χ2n) is 9.82. The molecule has 2 rings (SSSR count). The molecule has 8 nitrogen and oxygen atoms in total. The first-order chi connectivity index (χ1) is 15.5. The first kappa shape index (κ1) is 26.4. The molecule has 0 radical (unpaired) electrons. The SMILES string of the molecule is CCN(C(=O)C(NC(=O)CNC(=O)C(=O)Nc1ccccc1)C(C)(C)C)[C@H]1CCCC[C@H]1C. The van der Waals surface area contributed by atoms with Crippen LogP contribution in [0, 0.1) is 11.3 Å². The molecule has 0 saturated heterocycles. The van der Waals surface area contributed by atoms with Crippen molar-refractivity contribution in [2.45, 2.75) is 72.4 Å². The van der Waals surface area contributed by atoms with Crippen molar-refractivity contribution in [3.8, 4) is 0 Å². The molecule has 1 aliphatic rings. The van der Waals surface area contributed by atoms with Crippen LogP contribution in [0.25, 0.3) is 0 Å². The van der Waals surface area contributed by atoms with Gasteiger partial charge in [-0.1, -0.05) is 58.7 Å². The number of amides is 4. The van der Waals surface area contributed by atoms with E-state index < -0.39 is 35.7 Å². The number of nitrogens with zero attached hydrogens (tertiary/aromatic N) is 1. The van der Waals surface area contributed by atoms with Gasteiger partial charge in [0.05, 0.1) is 6.54 Å². The lowest BCUT2D eigenvalue weighted by Crippen LogP contribution is -2.59. The van der Waals surface area contributed by atoms with Gasteiger partial charge < -0.3 is 20.9 Å². The first-order valence-corrected chi connectivity index (χ1v) is 11.8. The van der Waals surface area contributed by atoms with Crippen molar-refractivity contribution >= 4 is 29.3 Å². The molecule has 0 aromatic heterocycles. The summed E-state index contributed by atoms with van der Waals surface area (Å²) in [5.41, 5.74) is -0.0377. The van der Waals surface area contributed by atoms with Crippen molar-refractivity contribution in [2.24, 2.45) is 11.3 Å². The van der Waals surface area contributed by atoms with Crippen LogP contribution in [0.15, 0.2) is 30.3 Å². The van der Waals surface area contributed by atoms with Crippen LogP contribution in [-0.2, 0) is 19.2 Å². The zero-order valence-corrected chi connectivity index (χ0v) is 20.4. The maximum atomic E-state index is 13.5. The molecule has 3 N–H and O–H groups in total. The average molecular weight is 459 g/mol. The zero-order chi connectivity index (χ0) is 24.6. The molecule has 0 heterocycles. The topological polar surface area (TPSA) is 108 Å². The van der Waals surface area contributed by atoms with Gasteiger partial charge in [-0.05, 0) is 43.2 Å². The quantitative estimate of drug-likeness (QED) is 0.546. The van der Waals surface area contributed by atoms with Crippen LogP contribution in [0.5, 0.6) is 0 Å². The second-order valence-corrected chi connectivity index (χ2v) is 9.82. The summed E-state index contributed by atoms with van der Waals surface area (Å²) in [5.74, 6) is -1.98. The fourth-order valence-electron chi connectivity index (χ4n) is 4.29. The van der Waals surface area contributed by atoms with E-state index in [0.29, 0.717) is 18.2 Å². The number of carbonyl (C=O) groups is 4. The molecule has 0 aliphatic heterocycles. The van der Waals surface area contributed by atoms with E-state index in [2.05, 4.69) is 22.9 Å². The van der Waals surface area contributed by atoms with Gasteiger partial charge in [0.1, 0.15) is 6.04 Å². The van der Waals surface area contributed by atoms with Gasteiger partial charge >= 0.3 is 11.8 Å². The van der Waals surface area contributed by atoms with Crippen LogP contribution in [0.3, 0.4) is 0 Å². The van der Waals surface area contributed by atoms with E-state index in [4.69, 9.17) is 0 Å². The highest BCUT2D eigenvalue weighted by Crippen LogP contribution is 2.30. The molecule has 1 aromatic carbocycles. The summed E-state index contributed by atoms with van der Waals surface area (Å²) in [7, 11) is 0. The Morgan fingerprint density at radius 1 is 1.03 bits per heavy atom. The highest BCUT2D eigenvalue weighted by Gasteiger charge is 2.39. The highest BCUT2D eigenvalue weighted by atomic mass is 16.2. The van der Waals surface area contributed by atoms with Crippen LogP contribution < -0.4 is 16.0 Å². The Labute approximate surface area is 196 Å². The molecule has 1 unspecified atom stereocenters. The van der Waals surface area contributed by atoms with Gasteiger partial charge in [-0.25, -0.2) is 0 Å². The van der Waals surface area contributed by atoms with Crippen molar-refractivity contribution in [1.29, 1.82) is 0 Å². The third-order valence-electron chi connectivity index (χ3n) is 6.16. The van der Waals surface area contributed by atoms with Gasteiger partial charge in [-0.2, -0.15) is 0 Å². The lowest BCUT2D eigenvalue weighted by Gasteiger charge is -2.42. The Bertz CT molecular complexity index is 835. The largest absolute Gasteiger partial charge is 0.342 e. The van der Waals surface area contributed by atoms with Gasteiger partial charge in [0, 0.05) is 18.3 Å². The molecule has 0 bridgehead atoms. The van der Waals surface area contributed by atoms with E-state index in [0.717, 1.165) is 19.3 Å². The number of nitrogens with one attached hydrogen (secondary N) is 3. The number of para-hydroxylation sites is 1. The third-order valence-corrected chi connectivity index (χ3v) is 6.16. The summed E-state index contributed by atoms with van der Waals surface area (Å²) in [6.07, 6.45) is 4.35. The number of hydrogen-bond acceptors (Lipinski definition) is 4. The Balaban J connectivity index is 1.98. The molecule has 182 valence electrons. The normalized spacial score (nSPS) is 19.2. The molecule has 8 heteroatoms. The fraction of sp³-hybridized carbons (Fsp3) is 0.600. The fourth-order valence-corrected chi connectivity index (χ4v) is 4.29. The van der Waals surface area contributed by atoms with Gasteiger partial charge in [0.25, 0.3) is 0 Å². The minimum absolute atomic E-state index is 0.106. The monoisotopic (exact) mass is 458 g/mol. The molecule has 33 heavy (non-hydrogen) atoms. The van der Waals surface area contributed by atoms with Gasteiger partial charge in [0.15, 0.2) is 0 Å². The summed E-state index contributed by atoms with van der Waals surface area (Å²) in [4.78, 5) is 52.1. The minimum atomic E-state index is -0.918. The number of rotatable bonds is 7. The predicted molar refractivity (Wildman–Crippen MR) is 128 cm³/mol. The number of anilines is 1. The van der Waals surface area contributed by atoms with Crippen molar-refractivity contribution in [3.05, 3.63) is 30.3 Å². The summed E-state index contributed by atoms with van der Waals surface area (Å²) >= 11 is 0. The van der Waals surface area contributed by atoms with E-state index in [1.54, 1.807) is 30.3 Å². The van der Waals surface area contributed by atoms with Crippen molar-refractivity contribution < 1.29 is 19.2 Å². The number of carbonyl (C=O) groups excluding carboxylic acids is 4. The zero-order valence-electron chi connectivity index (χ0n) is 20.4. The molecule has 4 amide bonds. The van der Waals surface area contributed by atoms with Crippen LogP contribution >= 0.6 is 0 Å². The van der Waals surface area contributed by atoms with E-state index in [1.165, 1.54) is 6.42 Å². The maximum Gasteiger partial charge on any atom is 0.313 e. The van der Waals surface area contributed by atoms with E-state index in [1.807, 2.05) is 32.6 Å². The summed E-state index contributed by atoms with van der Waals surface area (Å²) in [6.45, 7) is 10.0. The lowest BCUT2D eigenvalue weighted by atomic mass is 9.82. The summed E-state index contributed by atoms with van der Waals surface area (Å²) < 4.78 is 0. The Morgan fingerprint density at radius 2 is 1.67 bits per heavy atom. The Morgan fingerprint density at radius 3 is 2.24 bits per heavy atom. The predicted octanol–water partition coefficient (Wildman–Crippen LogP) is 2.70. The molecular formula is C25H38N4O4. The van der Waals surface area contributed by atoms with Crippen LogP contribution in [0.4, 0.5) is 5.69 Å². The maximum absolute atomic E-state index is 13.5. The Hall–Kier alpha value is -2.90. The van der Waals surface area contributed by atoms with Crippen LogP contribution in [0.1, 0.15) is 60.3 Å². The molecular weight excluding hydrogens is 420 g/mol. The summed E-state index contributed by atoms with van der Waals surface area (Å²) in [6, 6.07) is 8.00. The second kappa shape index (κ2) is 11.8. The van der Waals surface area contributed by atoms with Gasteiger partial charge in [0.2, 0.25) is 11.8 Å². The number of likely N-dealkylation sites (N-methyl/N-ethyl adjacent to an activating group) is 1. The molecule has 1 aliphatic carbocycles. The number of benzene rings is 1. The summed E-state index contributed by atoms with van der Waals surface area (Å²) in [5, 5.41) is 7.58.